The number of sulfone groups is 1. The van der Waals surface area contributed by atoms with Gasteiger partial charge >= 0.3 is 7.05 Å². The van der Waals surface area contributed by atoms with Crippen molar-refractivity contribution in [2.45, 2.75) is 49.7 Å². The van der Waals surface area contributed by atoms with Gasteiger partial charge in [-0.25, -0.2) is 8.42 Å². The summed E-state index contributed by atoms with van der Waals surface area (Å²) in [7, 11) is -3.81. The van der Waals surface area contributed by atoms with E-state index in [9.17, 15) is 13.4 Å². The van der Waals surface area contributed by atoms with Crippen molar-refractivity contribution < 1.29 is 13.4 Å². The number of rotatable bonds is 5. The number of hydrogen-bond acceptors (Lipinski definition) is 4. The molecule has 1 fully saturated rings. The summed E-state index contributed by atoms with van der Waals surface area (Å²) in [5, 5.41) is 9.62. The van der Waals surface area contributed by atoms with Gasteiger partial charge in [-0.2, -0.15) is 0 Å². The summed E-state index contributed by atoms with van der Waals surface area (Å²) in [4.78, 5) is 2.76. The molecule has 3 rings (SSSR count). The van der Waals surface area contributed by atoms with Gasteiger partial charge in [0, 0.05) is 0 Å². The quantitative estimate of drug-likeness (QED) is 0.791. The van der Waals surface area contributed by atoms with Crippen LogP contribution in [-0.2, 0) is 16.3 Å². The number of nitrogens with zero attached hydrogens (tertiary/aromatic N) is 1. The molecule has 0 saturated carbocycles. The molecule has 0 unspecified atom stereocenters. The minimum absolute atomic E-state index is 0.327. The third-order valence-electron chi connectivity index (χ3n) is 4.99. The summed E-state index contributed by atoms with van der Waals surface area (Å²) in [5.41, 5.74) is 1.17. The van der Waals surface area contributed by atoms with Gasteiger partial charge in [-0.3, -0.25) is 0 Å². The molecule has 1 aliphatic rings. The molecule has 146 valence electrons. The van der Waals surface area contributed by atoms with Gasteiger partial charge in [-0.1, -0.05) is 44.2 Å². The van der Waals surface area contributed by atoms with E-state index >= 15 is 0 Å². The highest BCUT2D eigenvalue weighted by Crippen LogP contribution is 2.24. The summed E-state index contributed by atoms with van der Waals surface area (Å²) in [5.74, 6) is 0.589. The predicted molar refractivity (Wildman–Crippen MR) is 112 cm³/mol. The molecule has 0 aliphatic carbocycles. The Labute approximate surface area is 164 Å². The average molecular weight is 387 g/mol. The molecule has 1 heterocycles. The Balaban J connectivity index is 0.00000126. The van der Waals surface area contributed by atoms with E-state index in [1.54, 1.807) is 36.4 Å². The van der Waals surface area contributed by atoms with Crippen LogP contribution in [0.4, 0.5) is 0 Å². The molecule has 4 nitrogen and oxygen atoms in total. The second kappa shape index (κ2) is 10.1. The number of benzene rings is 2. The van der Waals surface area contributed by atoms with Crippen LogP contribution < -0.4 is 0 Å². The van der Waals surface area contributed by atoms with Crippen molar-refractivity contribution in [3.63, 3.8) is 0 Å². The molecule has 1 saturated heterocycles. The van der Waals surface area contributed by atoms with Crippen LogP contribution in [0.15, 0.2) is 64.4 Å². The van der Waals surface area contributed by atoms with Crippen molar-refractivity contribution in [2.24, 2.45) is 5.92 Å². The van der Waals surface area contributed by atoms with Crippen molar-refractivity contribution >= 4 is 16.9 Å². The molecule has 1 N–H and O–H groups in total. The lowest BCUT2D eigenvalue weighted by atomic mass is 9.80. The fraction of sp³-hybridized carbons (Fsp3) is 0.429. The van der Waals surface area contributed by atoms with Gasteiger partial charge < -0.3 is 9.83 Å². The summed E-state index contributed by atoms with van der Waals surface area (Å²) in [6.07, 6.45) is 3.09. The Kier molecular flexibility index (Phi) is 8.08. The molecule has 2 aromatic carbocycles. The van der Waals surface area contributed by atoms with Crippen LogP contribution in [0.5, 0.6) is 0 Å². The topological polar surface area (TPSA) is 57.6 Å². The van der Waals surface area contributed by atoms with E-state index < -0.39 is 9.84 Å². The molecular formula is C21H30BNO3S. The van der Waals surface area contributed by atoms with Crippen LogP contribution in [0.25, 0.3) is 0 Å². The molecule has 6 heteroatoms. The zero-order valence-corrected chi connectivity index (χ0v) is 17.3. The average Bonchev–Trinajstić information content (AvgIpc) is 2.71. The maximum absolute atomic E-state index is 12.6. The predicted octanol–water partition coefficient (Wildman–Crippen LogP) is 3.91. The van der Waals surface area contributed by atoms with Gasteiger partial charge in [-0.15, -0.1) is 0 Å². The van der Waals surface area contributed by atoms with E-state index in [2.05, 4.69) is 4.81 Å². The molecule has 0 spiro atoms. The zero-order chi connectivity index (χ0) is 19.9. The van der Waals surface area contributed by atoms with E-state index in [0.717, 1.165) is 32.4 Å². The van der Waals surface area contributed by atoms with Crippen molar-refractivity contribution in [1.29, 1.82) is 0 Å². The molecule has 0 bridgehead atoms. The standard InChI is InChI=1S/C19H24BNO3S.C2H6/c1-20(22)21-13-11-17(12-14-21)15-16-7-9-19(10-8-16)25(23,24)18-5-3-2-4-6-18;1-2/h2-10,17,22H,11-15H2,1H3;1-2H3. The van der Waals surface area contributed by atoms with Crippen LogP contribution in [-0.4, -0.2) is 38.4 Å². The van der Waals surface area contributed by atoms with Crippen LogP contribution in [0.2, 0.25) is 6.82 Å². The monoisotopic (exact) mass is 387 g/mol. The molecule has 27 heavy (non-hydrogen) atoms. The van der Waals surface area contributed by atoms with Crippen molar-refractivity contribution in [3.8, 4) is 0 Å². The first kappa shape index (κ1) is 21.7. The highest BCUT2D eigenvalue weighted by molar-refractivity contribution is 7.91. The summed E-state index contributed by atoms with van der Waals surface area (Å²) < 4.78 is 25.2. The largest absolute Gasteiger partial charge is 0.437 e. The van der Waals surface area contributed by atoms with E-state index in [1.807, 2.05) is 38.9 Å². The maximum atomic E-state index is 12.6. The second-order valence-corrected chi connectivity index (χ2v) is 8.73. The summed E-state index contributed by atoms with van der Waals surface area (Å²) in [6, 6.07) is 15.8. The second-order valence-electron chi connectivity index (χ2n) is 6.78. The highest BCUT2D eigenvalue weighted by Gasteiger charge is 2.24. The van der Waals surface area contributed by atoms with Gasteiger partial charge in [-0.05, 0) is 74.9 Å². The summed E-state index contributed by atoms with van der Waals surface area (Å²) >= 11 is 0. The third-order valence-corrected chi connectivity index (χ3v) is 6.77. The van der Waals surface area contributed by atoms with E-state index in [-0.39, 0.29) is 7.05 Å². The molecule has 1 aliphatic heterocycles. The minimum Gasteiger partial charge on any atom is -0.437 e. The van der Waals surface area contributed by atoms with Gasteiger partial charge in [0.2, 0.25) is 9.84 Å². The molecule has 0 atom stereocenters. The van der Waals surface area contributed by atoms with Crippen molar-refractivity contribution in [1.82, 2.24) is 4.81 Å². The number of piperidine rings is 1. The van der Waals surface area contributed by atoms with Gasteiger partial charge in [0.15, 0.2) is 0 Å². The normalized spacial score (nSPS) is 15.7. The first-order chi connectivity index (χ1) is 13.0. The fourth-order valence-corrected chi connectivity index (χ4v) is 4.69. The zero-order valence-electron chi connectivity index (χ0n) is 16.5. The van der Waals surface area contributed by atoms with Crippen LogP contribution in [0.3, 0.4) is 0 Å². The first-order valence-corrected chi connectivity index (χ1v) is 11.3. The Bertz CT molecular complexity index is 784. The first-order valence-electron chi connectivity index (χ1n) is 9.78. The van der Waals surface area contributed by atoms with Gasteiger partial charge in [0.25, 0.3) is 0 Å². The molecule has 2 aromatic rings. The summed E-state index contributed by atoms with van der Waals surface area (Å²) in [6.45, 7) is 7.65. The van der Waals surface area contributed by atoms with Gasteiger partial charge in [0.05, 0.1) is 9.79 Å². The fourth-order valence-electron chi connectivity index (χ4n) is 3.40. The van der Waals surface area contributed by atoms with Crippen molar-refractivity contribution in [2.75, 3.05) is 13.1 Å². The Hall–Kier alpha value is -1.63. The van der Waals surface area contributed by atoms with Crippen LogP contribution in [0, 0.1) is 5.92 Å². The highest BCUT2D eigenvalue weighted by atomic mass is 32.2. The third kappa shape index (κ3) is 5.67. The van der Waals surface area contributed by atoms with Crippen molar-refractivity contribution in [3.05, 3.63) is 60.2 Å². The lowest BCUT2D eigenvalue weighted by Gasteiger charge is -2.32. The Morgan fingerprint density at radius 2 is 1.48 bits per heavy atom. The number of hydrogen-bond donors (Lipinski definition) is 1. The van der Waals surface area contributed by atoms with Crippen LogP contribution >= 0.6 is 0 Å². The molecular weight excluding hydrogens is 357 g/mol. The van der Waals surface area contributed by atoms with E-state index in [4.69, 9.17) is 0 Å². The van der Waals surface area contributed by atoms with E-state index in [0.29, 0.717) is 15.7 Å². The van der Waals surface area contributed by atoms with Gasteiger partial charge in [0.1, 0.15) is 0 Å². The van der Waals surface area contributed by atoms with E-state index in [1.165, 1.54) is 5.56 Å². The Morgan fingerprint density at radius 1 is 0.963 bits per heavy atom. The molecule has 0 amide bonds. The SMILES string of the molecule is CB(O)N1CCC(Cc2ccc(S(=O)(=O)c3ccccc3)cc2)CC1.CC. The molecule has 0 radical (unpaired) electrons. The minimum atomic E-state index is -3.44. The lowest BCUT2D eigenvalue weighted by Crippen LogP contribution is -2.43. The maximum Gasteiger partial charge on any atom is 0.376 e. The lowest BCUT2D eigenvalue weighted by molar-refractivity contribution is 0.250. The molecule has 0 aromatic heterocycles. The van der Waals surface area contributed by atoms with Crippen LogP contribution in [0.1, 0.15) is 32.3 Å². The smallest absolute Gasteiger partial charge is 0.376 e. The Morgan fingerprint density at radius 3 is 2.00 bits per heavy atom.